The van der Waals surface area contributed by atoms with Gasteiger partial charge >= 0.3 is 0 Å². The number of carbonyl (C=O) groups is 2. The summed E-state index contributed by atoms with van der Waals surface area (Å²) in [6.45, 7) is 0.664. The lowest BCUT2D eigenvalue weighted by molar-refractivity contribution is -0.128. The molecule has 1 aromatic rings. The van der Waals surface area contributed by atoms with Crippen LogP contribution >= 0.6 is 0 Å². The number of nitrogens with one attached hydrogen (secondary N) is 1. The third kappa shape index (κ3) is 2.33. The maximum absolute atomic E-state index is 11.9. The Labute approximate surface area is 105 Å². The Bertz CT molecular complexity index is 516. The van der Waals surface area contributed by atoms with Crippen molar-refractivity contribution in [3.05, 3.63) is 35.4 Å². The van der Waals surface area contributed by atoms with Gasteiger partial charge in [0.15, 0.2) is 0 Å². The number of rotatable bonds is 2. The number of hydrogen-bond acceptors (Lipinski definition) is 3. The molecule has 5 nitrogen and oxygen atoms in total. The van der Waals surface area contributed by atoms with E-state index in [1.165, 1.54) is 0 Å². The standard InChI is InChI=1S/C13H13N3O2/c1-16-7-6-11(13(16)18)15-12(17)10-4-2-9(8-14)3-5-10/h2-5,11H,6-7H2,1H3,(H,15,17). The van der Waals surface area contributed by atoms with Gasteiger partial charge in [0.05, 0.1) is 11.6 Å². The van der Waals surface area contributed by atoms with Gasteiger partial charge in [-0.05, 0) is 30.7 Å². The van der Waals surface area contributed by atoms with E-state index in [4.69, 9.17) is 5.26 Å². The van der Waals surface area contributed by atoms with E-state index in [9.17, 15) is 9.59 Å². The van der Waals surface area contributed by atoms with Crippen LogP contribution in [-0.2, 0) is 4.79 Å². The van der Waals surface area contributed by atoms with E-state index >= 15 is 0 Å². The molecule has 1 atom stereocenters. The number of hydrogen-bond donors (Lipinski definition) is 1. The summed E-state index contributed by atoms with van der Waals surface area (Å²) in [6, 6.07) is 7.88. The molecule has 18 heavy (non-hydrogen) atoms. The van der Waals surface area contributed by atoms with Crippen LogP contribution < -0.4 is 5.32 Å². The summed E-state index contributed by atoms with van der Waals surface area (Å²) in [6.07, 6.45) is 0.636. The van der Waals surface area contributed by atoms with Gasteiger partial charge in [-0.15, -0.1) is 0 Å². The van der Waals surface area contributed by atoms with E-state index in [0.29, 0.717) is 24.1 Å². The first-order chi connectivity index (χ1) is 8.61. The second-order valence-electron chi connectivity index (χ2n) is 4.26. The highest BCUT2D eigenvalue weighted by atomic mass is 16.2. The fraction of sp³-hybridized carbons (Fsp3) is 0.308. The van der Waals surface area contributed by atoms with E-state index in [-0.39, 0.29) is 11.8 Å². The first-order valence-corrected chi connectivity index (χ1v) is 5.68. The van der Waals surface area contributed by atoms with Gasteiger partial charge in [-0.1, -0.05) is 0 Å². The summed E-state index contributed by atoms with van der Waals surface area (Å²) >= 11 is 0. The predicted molar refractivity (Wildman–Crippen MR) is 64.7 cm³/mol. The van der Waals surface area contributed by atoms with Crippen LogP contribution in [0.5, 0.6) is 0 Å². The fourth-order valence-corrected chi connectivity index (χ4v) is 1.89. The molecule has 2 rings (SSSR count). The highest BCUT2D eigenvalue weighted by molar-refractivity contribution is 5.98. The second kappa shape index (κ2) is 4.88. The van der Waals surface area contributed by atoms with E-state index < -0.39 is 6.04 Å². The zero-order valence-electron chi connectivity index (χ0n) is 10.0. The zero-order valence-corrected chi connectivity index (χ0v) is 10.0. The molecule has 0 spiro atoms. The van der Waals surface area contributed by atoms with E-state index in [0.717, 1.165) is 0 Å². The molecule has 1 N–H and O–H groups in total. The fourth-order valence-electron chi connectivity index (χ4n) is 1.89. The van der Waals surface area contributed by atoms with Crippen LogP contribution in [0.25, 0.3) is 0 Å². The molecule has 92 valence electrons. The van der Waals surface area contributed by atoms with Crippen LogP contribution in [0.4, 0.5) is 0 Å². The SMILES string of the molecule is CN1CCC(NC(=O)c2ccc(C#N)cc2)C1=O. The molecule has 1 saturated heterocycles. The Morgan fingerprint density at radius 3 is 2.61 bits per heavy atom. The van der Waals surface area contributed by atoms with Gasteiger partial charge in [0.1, 0.15) is 6.04 Å². The van der Waals surface area contributed by atoms with Crippen LogP contribution in [0, 0.1) is 11.3 Å². The van der Waals surface area contributed by atoms with Gasteiger partial charge in [-0.3, -0.25) is 9.59 Å². The summed E-state index contributed by atoms with van der Waals surface area (Å²) in [4.78, 5) is 25.1. The molecule has 0 aliphatic carbocycles. The summed E-state index contributed by atoms with van der Waals surface area (Å²) in [7, 11) is 1.72. The van der Waals surface area contributed by atoms with Crippen molar-refractivity contribution in [2.45, 2.75) is 12.5 Å². The van der Waals surface area contributed by atoms with Crippen molar-refractivity contribution in [1.29, 1.82) is 5.26 Å². The number of amides is 2. The van der Waals surface area contributed by atoms with Crippen molar-refractivity contribution < 1.29 is 9.59 Å². The number of likely N-dealkylation sites (N-methyl/N-ethyl adjacent to an activating group) is 1. The van der Waals surface area contributed by atoms with Crippen LogP contribution in [0.1, 0.15) is 22.3 Å². The highest BCUT2D eigenvalue weighted by Gasteiger charge is 2.30. The predicted octanol–water partition coefficient (Wildman–Crippen LogP) is 0.519. The van der Waals surface area contributed by atoms with Crippen molar-refractivity contribution >= 4 is 11.8 Å². The van der Waals surface area contributed by atoms with Crippen molar-refractivity contribution in [1.82, 2.24) is 10.2 Å². The minimum absolute atomic E-state index is 0.0583. The Balaban J connectivity index is 2.04. The minimum atomic E-state index is -0.432. The highest BCUT2D eigenvalue weighted by Crippen LogP contribution is 2.10. The van der Waals surface area contributed by atoms with E-state index in [1.807, 2.05) is 6.07 Å². The summed E-state index contributed by atoms with van der Waals surface area (Å²) < 4.78 is 0. The van der Waals surface area contributed by atoms with Gasteiger partial charge in [-0.2, -0.15) is 5.26 Å². The number of nitrogens with zero attached hydrogens (tertiary/aromatic N) is 2. The molecule has 0 bridgehead atoms. The number of nitriles is 1. The monoisotopic (exact) mass is 243 g/mol. The first kappa shape index (κ1) is 12.1. The lowest BCUT2D eigenvalue weighted by Crippen LogP contribution is -2.40. The average Bonchev–Trinajstić information content (AvgIpc) is 2.71. The third-order valence-electron chi connectivity index (χ3n) is 3.01. The maximum atomic E-state index is 11.9. The van der Waals surface area contributed by atoms with Crippen LogP contribution in [-0.4, -0.2) is 36.3 Å². The molecule has 1 aliphatic rings. The van der Waals surface area contributed by atoms with E-state index in [1.54, 1.807) is 36.2 Å². The van der Waals surface area contributed by atoms with Crippen molar-refractivity contribution in [3.8, 4) is 6.07 Å². The van der Waals surface area contributed by atoms with E-state index in [2.05, 4.69) is 5.32 Å². The second-order valence-corrected chi connectivity index (χ2v) is 4.26. The number of benzene rings is 1. The van der Waals surface area contributed by atoms with Crippen molar-refractivity contribution in [2.24, 2.45) is 0 Å². The summed E-state index contributed by atoms with van der Waals surface area (Å²) in [5.74, 6) is -0.342. The van der Waals surface area contributed by atoms with Crippen LogP contribution in [0.2, 0.25) is 0 Å². The lowest BCUT2D eigenvalue weighted by atomic mass is 10.1. The molecule has 1 aromatic carbocycles. The molecule has 1 heterocycles. The molecule has 5 heteroatoms. The Hall–Kier alpha value is -2.35. The number of likely N-dealkylation sites (tertiary alicyclic amines) is 1. The number of carbonyl (C=O) groups excluding carboxylic acids is 2. The van der Waals surface area contributed by atoms with Crippen LogP contribution in [0.15, 0.2) is 24.3 Å². The van der Waals surface area contributed by atoms with Crippen molar-refractivity contribution in [3.63, 3.8) is 0 Å². The van der Waals surface area contributed by atoms with Crippen LogP contribution in [0.3, 0.4) is 0 Å². The summed E-state index contributed by atoms with van der Waals surface area (Å²) in [5, 5.41) is 11.4. The van der Waals surface area contributed by atoms with Gasteiger partial charge in [0, 0.05) is 19.2 Å². The lowest BCUT2D eigenvalue weighted by Gasteiger charge is -2.12. The van der Waals surface area contributed by atoms with Gasteiger partial charge < -0.3 is 10.2 Å². The Kier molecular flexibility index (Phi) is 3.28. The normalized spacial score (nSPS) is 18.6. The topological polar surface area (TPSA) is 73.2 Å². The quantitative estimate of drug-likeness (QED) is 0.823. The minimum Gasteiger partial charge on any atom is -0.344 e. The molecule has 1 unspecified atom stereocenters. The smallest absolute Gasteiger partial charge is 0.251 e. The molecule has 0 radical (unpaired) electrons. The Morgan fingerprint density at radius 2 is 2.11 bits per heavy atom. The molecule has 2 amide bonds. The summed E-state index contributed by atoms with van der Waals surface area (Å²) in [5.41, 5.74) is 0.958. The van der Waals surface area contributed by atoms with Gasteiger partial charge in [0.25, 0.3) is 5.91 Å². The van der Waals surface area contributed by atoms with Crippen molar-refractivity contribution in [2.75, 3.05) is 13.6 Å². The largest absolute Gasteiger partial charge is 0.344 e. The third-order valence-corrected chi connectivity index (χ3v) is 3.01. The first-order valence-electron chi connectivity index (χ1n) is 5.68. The molecule has 1 aliphatic heterocycles. The average molecular weight is 243 g/mol. The van der Waals surface area contributed by atoms with Gasteiger partial charge in [-0.25, -0.2) is 0 Å². The zero-order chi connectivity index (χ0) is 13.1. The molecular formula is C13H13N3O2. The maximum Gasteiger partial charge on any atom is 0.251 e. The molecule has 0 aromatic heterocycles. The molecular weight excluding hydrogens is 230 g/mol. The van der Waals surface area contributed by atoms with Gasteiger partial charge in [0.2, 0.25) is 5.91 Å². The Morgan fingerprint density at radius 1 is 1.44 bits per heavy atom. The molecule has 1 fully saturated rings. The molecule has 0 saturated carbocycles.